The summed E-state index contributed by atoms with van der Waals surface area (Å²) >= 11 is 0. The third kappa shape index (κ3) is 5.06. The largest absolute Gasteiger partial charge is 1.00 e. The van der Waals surface area contributed by atoms with E-state index in [9.17, 15) is 0 Å². The van der Waals surface area contributed by atoms with E-state index in [1.54, 1.807) is 0 Å². The highest BCUT2D eigenvalue weighted by Gasteiger charge is 2.43. The lowest BCUT2D eigenvalue weighted by Gasteiger charge is -2.26. The molecule has 0 atom stereocenters. The predicted octanol–water partition coefficient (Wildman–Crippen LogP) is 2.51. The second-order valence-corrected chi connectivity index (χ2v) is 9.80. The number of rotatable bonds is 7. The molecule has 27 heavy (non-hydrogen) atoms. The van der Waals surface area contributed by atoms with Crippen LogP contribution in [0.25, 0.3) is 0 Å². The van der Waals surface area contributed by atoms with Crippen LogP contribution in [0, 0.1) is 0 Å². The van der Waals surface area contributed by atoms with Crippen molar-refractivity contribution in [3.8, 4) is 0 Å². The summed E-state index contributed by atoms with van der Waals surface area (Å²) in [6.07, 6.45) is 11.0. The van der Waals surface area contributed by atoms with Gasteiger partial charge in [-0.25, -0.2) is 0 Å². The molecule has 0 saturated heterocycles. The Balaban J connectivity index is 0.00000261. The molecule has 0 aliphatic heterocycles. The van der Waals surface area contributed by atoms with E-state index in [1.807, 2.05) is 0 Å². The Morgan fingerprint density at radius 3 is 1.33 bits per heavy atom. The van der Waals surface area contributed by atoms with Crippen molar-refractivity contribution in [2.24, 2.45) is 0 Å². The van der Waals surface area contributed by atoms with Crippen LogP contribution in [0.1, 0.15) is 13.3 Å². The number of allylic oxidation sites excluding steroid dienone is 4. The van der Waals surface area contributed by atoms with Gasteiger partial charge in [0.05, 0.1) is 6.16 Å². The van der Waals surface area contributed by atoms with Crippen LogP contribution in [-0.2, 0) is 0 Å². The molecular formula is C25H26BrP. The monoisotopic (exact) mass is 436 g/mol. The Labute approximate surface area is 174 Å². The van der Waals surface area contributed by atoms with Crippen LogP contribution >= 0.6 is 7.26 Å². The Hall–Kier alpha value is -1.95. The maximum absolute atomic E-state index is 2.34. The van der Waals surface area contributed by atoms with Crippen LogP contribution in [0.5, 0.6) is 0 Å². The van der Waals surface area contributed by atoms with Crippen molar-refractivity contribution in [2.75, 3.05) is 6.16 Å². The molecule has 0 radical (unpaired) electrons. The van der Waals surface area contributed by atoms with Crippen molar-refractivity contribution in [2.45, 2.75) is 13.3 Å². The van der Waals surface area contributed by atoms with Crippen LogP contribution in [-0.4, -0.2) is 6.16 Å². The summed E-state index contributed by atoms with van der Waals surface area (Å²) in [6, 6.07) is 33.1. The lowest BCUT2D eigenvalue weighted by Crippen LogP contribution is -3.00. The summed E-state index contributed by atoms with van der Waals surface area (Å²) in [5.41, 5.74) is 0. The van der Waals surface area contributed by atoms with Gasteiger partial charge in [0.15, 0.2) is 0 Å². The van der Waals surface area contributed by atoms with E-state index in [2.05, 4.69) is 122 Å². The van der Waals surface area contributed by atoms with Gasteiger partial charge in [-0.1, -0.05) is 79.7 Å². The molecular weight excluding hydrogens is 411 g/mol. The molecule has 0 unspecified atom stereocenters. The summed E-state index contributed by atoms with van der Waals surface area (Å²) in [7, 11) is -1.72. The minimum atomic E-state index is -1.72. The summed E-state index contributed by atoms with van der Waals surface area (Å²) in [5.74, 6) is 0. The fourth-order valence-electron chi connectivity index (χ4n) is 3.32. The van der Waals surface area contributed by atoms with Gasteiger partial charge in [0.1, 0.15) is 23.2 Å². The molecule has 0 nitrogen and oxygen atoms in total. The average molecular weight is 437 g/mol. The van der Waals surface area contributed by atoms with Crippen molar-refractivity contribution >= 4 is 23.2 Å². The zero-order valence-corrected chi connectivity index (χ0v) is 18.2. The first-order valence-corrected chi connectivity index (χ1v) is 11.2. The van der Waals surface area contributed by atoms with Crippen molar-refractivity contribution in [3.05, 3.63) is 115 Å². The summed E-state index contributed by atoms with van der Waals surface area (Å²) in [5, 5.41) is 4.30. The van der Waals surface area contributed by atoms with Gasteiger partial charge >= 0.3 is 0 Å². The van der Waals surface area contributed by atoms with E-state index in [1.165, 1.54) is 15.9 Å². The fourth-order valence-corrected chi connectivity index (χ4v) is 7.33. The molecule has 0 spiro atoms. The lowest BCUT2D eigenvalue weighted by atomic mass is 10.3. The summed E-state index contributed by atoms with van der Waals surface area (Å²) in [4.78, 5) is 0. The fraction of sp³-hybridized carbons (Fsp3) is 0.120. The van der Waals surface area contributed by atoms with E-state index in [0.29, 0.717) is 0 Å². The lowest BCUT2D eigenvalue weighted by molar-refractivity contribution is -0.00000509. The molecule has 3 rings (SSSR count). The Kier molecular flexibility index (Phi) is 8.72. The van der Waals surface area contributed by atoms with Crippen LogP contribution in [0.15, 0.2) is 115 Å². The molecule has 138 valence electrons. The van der Waals surface area contributed by atoms with Gasteiger partial charge in [0, 0.05) is 0 Å². The summed E-state index contributed by atoms with van der Waals surface area (Å²) in [6.45, 7) is 2.17. The molecule has 0 aliphatic carbocycles. The van der Waals surface area contributed by atoms with Crippen LogP contribution in [0.2, 0.25) is 0 Å². The zero-order valence-electron chi connectivity index (χ0n) is 15.7. The second kappa shape index (κ2) is 11.0. The third-order valence-corrected chi connectivity index (χ3v) is 8.89. The highest BCUT2D eigenvalue weighted by Crippen LogP contribution is 2.55. The first kappa shape index (κ1) is 21.4. The van der Waals surface area contributed by atoms with Gasteiger partial charge in [-0.05, 0) is 48.9 Å². The average Bonchev–Trinajstić information content (AvgIpc) is 2.73. The minimum absolute atomic E-state index is 0. The maximum atomic E-state index is 2.34. The van der Waals surface area contributed by atoms with Gasteiger partial charge in [-0.2, -0.15) is 0 Å². The first-order chi connectivity index (χ1) is 12.9. The SMILES string of the molecule is CC/C=C/C=C/C[P+](c1ccccc1)(c1ccccc1)c1ccccc1.[Br-]. The molecule has 0 fully saturated rings. The smallest absolute Gasteiger partial charge is 0.115 e. The van der Waals surface area contributed by atoms with E-state index in [4.69, 9.17) is 0 Å². The quantitative estimate of drug-likeness (QED) is 0.394. The van der Waals surface area contributed by atoms with Crippen LogP contribution in [0.4, 0.5) is 0 Å². The molecule has 3 aromatic carbocycles. The minimum Gasteiger partial charge on any atom is -1.00 e. The van der Waals surface area contributed by atoms with E-state index in [0.717, 1.165) is 12.6 Å². The second-order valence-electron chi connectivity index (χ2n) is 6.26. The van der Waals surface area contributed by atoms with E-state index >= 15 is 0 Å². The molecule has 0 N–H and O–H groups in total. The predicted molar refractivity (Wildman–Crippen MR) is 119 cm³/mol. The molecule has 2 heteroatoms. The third-order valence-electron chi connectivity index (χ3n) is 4.59. The Morgan fingerprint density at radius 1 is 0.593 bits per heavy atom. The molecule has 0 aromatic heterocycles. The van der Waals surface area contributed by atoms with Crippen LogP contribution in [0.3, 0.4) is 0 Å². The van der Waals surface area contributed by atoms with Crippen molar-refractivity contribution < 1.29 is 17.0 Å². The standard InChI is InChI=1S/C25H26P.BrH/c1-2-3-4-5-15-22-26(23-16-9-6-10-17-23,24-18-11-7-12-19-24)25-20-13-8-14-21-25;/h3-21H,2,22H2,1H3;1H/q+1;/p-1/b4-3+,15-5+;. The maximum Gasteiger partial charge on any atom is 0.115 e. The highest BCUT2D eigenvalue weighted by atomic mass is 79.9. The first-order valence-electron chi connectivity index (χ1n) is 9.24. The molecule has 0 bridgehead atoms. The molecule has 0 saturated carbocycles. The van der Waals surface area contributed by atoms with Crippen molar-refractivity contribution in [1.82, 2.24) is 0 Å². The molecule has 0 aliphatic rings. The molecule has 0 amide bonds. The normalized spacial score (nSPS) is 11.6. The number of halogens is 1. The highest BCUT2D eigenvalue weighted by molar-refractivity contribution is 7.95. The van der Waals surface area contributed by atoms with E-state index in [-0.39, 0.29) is 17.0 Å². The summed E-state index contributed by atoms with van der Waals surface area (Å²) < 4.78 is 0. The van der Waals surface area contributed by atoms with Crippen molar-refractivity contribution in [1.29, 1.82) is 0 Å². The Morgan fingerprint density at radius 2 is 0.963 bits per heavy atom. The number of hydrogen-bond donors (Lipinski definition) is 0. The van der Waals surface area contributed by atoms with Gasteiger partial charge in [-0.3, -0.25) is 0 Å². The number of hydrogen-bond acceptors (Lipinski definition) is 0. The number of benzene rings is 3. The van der Waals surface area contributed by atoms with Gasteiger partial charge in [-0.15, -0.1) is 0 Å². The van der Waals surface area contributed by atoms with Crippen molar-refractivity contribution in [3.63, 3.8) is 0 Å². The molecule has 3 aromatic rings. The van der Waals surface area contributed by atoms with Gasteiger partial charge in [0.2, 0.25) is 0 Å². The zero-order chi connectivity index (χ0) is 18.1. The topological polar surface area (TPSA) is 0 Å². The van der Waals surface area contributed by atoms with Gasteiger partial charge < -0.3 is 17.0 Å². The van der Waals surface area contributed by atoms with E-state index < -0.39 is 7.26 Å². The van der Waals surface area contributed by atoms with Crippen LogP contribution < -0.4 is 32.9 Å². The Bertz CT molecular complexity index is 743. The van der Waals surface area contributed by atoms with Gasteiger partial charge in [0.25, 0.3) is 0 Å². The molecule has 0 heterocycles.